The molecule has 1 aliphatic carbocycles. The summed E-state index contributed by atoms with van der Waals surface area (Å²) in [5.41, 5.74) is 1.21. The molecule has 0 radical (unpaired) electrons. The molecule has 8 heteroatoms. The Labute approximate surface area is 203 Å². The highest BCUT2D eigenvalue weighted by molar-refractivity contribution is 7.13. The number of ether oxygens (including phenoxy) is 3. The first-order valence-corrected chi connectivity index (χ1v) is 12.9. The van der Waals surface area contributed by atoms with Crippen LogP contribution in [0.1, 0.15) is 57.6 Å². The standard InChI is InChI=1S/C26H30N2O5S/c1-15(2)10-12-32-19-9-8-16(14-20(19)31-3)22-21-23(29)17-6-4-5-7-18(17)33-24(21)25(30)28(22)26-27-11-13-34-26/h8-9,11,13-15,17-18,22H,4-7,10,12H2,1-3H3. The van der Waals surface area contributed by atoms with Gasteiger partial charge in [0.25, 0.3) is 5.91 Å². The molecule has 1 aromatic carbocycles. The molecule has 2 aromatic rings. The molecule has 180 valence electrons. The van der Waals surface area contributed by atoms with Crippen LogP contribution in [0.3, 0.4) is 0 Å². The molecule has 5 rings (SSSR count). The number of thiazole rings is 1. The molecule has 3 atom stereocenters. The fraction of sp³-hybridized carbons (Fsp3) is 0.500. The highest BCUT2D eigenvalue weighted by Crippen LogP contribution is 2.49. The lowest BCUT2D eigenvalue weighted by Gasteiger charge is -2.35. The van der Waals surface area contributed by atoms with Crippen LogP contribution < -0.4 is 14.4 Å². The van der Waals surface area contributed by atoms with Crippen LogP contribution in [0.2, 0.25) is 0 Å². The van der Waals surface area contributed by atoms with E-state index in [0.717, 1.165) is 37.7 Å². The molecule has 3 aliphatic rings. The van der Waals surface area contributed by atoms with E-state index in [4.69, 9.17) is 14.2 Å². The molecular weight excluding hydrogens is 452 g/mol. The van der Waals surface area contributed by atoms with Crippen molar-refractivity contribution in [2.45, 2.75) is 58.1 Å². The van der Waals surface area contributed by atoms with Crippen molar-refractivity contribution >= 4 is 28.2 Å². The second-order valence-corrected chi connectivity index (χ2v) is 10.4. The van der Waals surface area contributed by atoms with E-state index in [-0.39, 0.29) is 29.5 Å². The summed E-state index contributed by atoms with van der Waals surface area (Å²) >= 11 is 1.37. The monoisotopic (exact) mass is 482 g/mol. The van der Waals surface area contributed by atoms with E-state index in [9.17, 15) is 9.59 Å². The number of aromatic nitrogens is 1. The first-order chi connectivity index (χ1) is 16.5. The Morgan fingerprint density at radius 2 is 2.03 bits per heavy atom. The zero-order valence-electron chi connectivity index (χ0n) is 19.8. The number of rotatable bonds is 7. The molecule has 2 aliphatic heterocycles. The summed E-state index contributed by atoms with van der Waals surface area (Å²) in [6.07, 6.45) is 6.00. The van der Waals surface area contributed by atoms with Crippen LogP contribution in [0.15, 0.2) is 41.1 Å². The van der Waals surface area contributed by atoms with Gasteiger partial charge in [0.1, 0.15) is 6.10 Å². The van der Waals surface area contributed by atoms with Gasteiger partial charge in [-0.3, -0.25) is 14.5 Å². The molecule has 3 unspecified atom stereocenters. The predicted molar refractivity (Wildman–Crippen MR) is 129 cm³/mol. The quantitative estimate of drug-likeness (QED) is 0.548. The first-order valence-electron chi connectivity index (χ1n) is 12.0. The van der Waals surface area contributed by atoms with E-state index >= 15 is 0 Å². The number of amides is 1. The van der Waals surface area contributed by atoms with Gasteiger partial charge >= 0.3 is 0 Å². The Hall–Kier alpha value is -2.87. The Bertz CT molecular complexity index is 1110. The largest absolute Gasteiger partial charge is 0.493 e. The van der Waals surface area contributed by atoms with Gasteiger partial charge < -0.3 is 14.2 Å². The molecule has 1 saturated carbocycles. The van der Waals surface area contributed by atoms with Crippen molar-refractivity contribution in [1.29, 1.82) is 0 Å². The number of ketones is 1. The zero-order chi connectivity index (χ0) is 23.8. The molecule has 34 heavy (non-hydrogen) atoms. The van der Waals surface area contributed by atoms with Crippen LogP contribution in [0.4, 0.5) is 5.13 Å². The van der Waals surface area contributed by atoms with Gasteiger partial charge in [-0.25, -0.2) is 4.98 Å². The summed E-state index contributed by atoms with van der Waals surface area (Å²) in [5, 5.41) is 2.37. The lowest BCUT2D eigenvalue weighted by Crippen LogP contribution is -2.39. The highest BCUT2D eigenvalue weighted by atomic mass is 32.1. The molecule has 7 nitrogen and oxygen atoms in total. The number of carbonyl (C=O) groups excluding carboxylic acids is 2. The summed E-state index contributed by atoms with van der Waals surface area (Å²) in [5.74, 6) is 1.46. The van der Waals surface area contributed by atoms with Gasteiger partial charge in [0, 0.05) is 11.6 Å². The van der Waals surface area contributed by atoms with Gasteiger partial charge in [0.05, 0.1) is 31.2 Å². The minimum Gasteiger partial charge on any atom is -0.493 e. The Morgan fingerprint density at radius 1 is 1.21 bits per heavy atom. The van der Waals surface area contributed by atoms with E-state index in [1.807, 2.05) is 23.6 Å². The number of fused-ring (bicyclic) bond motifs is 1. The van der Waals surface area contributed by atoms with Crippen LogP contribution in [0.5, 0.6) is 11.5 Å². The van der Waals surface area contributed by atoms with Crippen molar-refractivity contribution in [3.63, 3.8) is 0 Å². The molecule has 3 heterocycles. The van der Waals surface area contributed by atoms with E-state index < -0.39 is 6.04 Å². The van der Waals surface area contributed by atoms with E-state index in [1.165, 1.54) is 11.3 Å². The third kappa shape index (κ3) is 3.98. The summed E-state index contributed by atoms with van der Waals surface area (Å²) < 4.78 is 17.8. The molecule has 1 aromatic heterocycles. The van der Waals surface area contributed by atoms with E-state index in [2.05, 4.69) is 18.8 Å². The summed E-state index contributed by atoms with van der Waals surface area (Å²) in [4.78, 5) is 33.3. The molecule has 0 saturated heterocycles. The van der Waals surface area contributed by atoms with Gasteiger partial charge in [0.15, 0.2) is 28.2 Å². The van der Waals surface area contributed by atoms with Crippen LogP contribution in [-0.2, 0) is 14.3 Å². The number of methoxy groups -OCH3 is 1. The Balaban J connectivity index is 1.55. The average molecular weight is 483 g/mol. The number of hydrogen-bond acceptors (Lipinski definition) is 7. The first kappa shape index (κ1) is 22.9. The fourth-order valence-electron chi connectivity index (χ4n) is 5.07. The van der Waals surface area contributed by atoms with Gasteiger partial charge in [-0.05, 0) is 49.3 Å². The summed E-state index contributed by atoms with van der Waals surface area (Å²) in [6.45, 7) is 4.89. The van der Waals surface area contributed by atoms with Crippen molar-refractivity contribution < 1.29 is 23.8 Å². The number of carbonyl (C=O) groups is 2. The minimum absolute atomic E-state index is 0.0274. The van der Waals surface area contributed by atoms with Crippen molar-refractivity contribution in [3.05, 3.63) is 46.7 Å². The highest BCUT2D eigenvalue weighted by Gasteiger charge is 2.53. The number of anilines is 1. The van der Waals surface area contributed by atoms with Gasteiger partial charge in [-0.15, -0.1) is 11.3 Å². The maximum atomic E-state index is 13.7. The number of hydrogen-bond donors (Lipinski definition) is 0. The van der Waals surface area contributed by atoms with Crippen LogP contribution in [-0.4, -0.2) is 36.5 Å². The number of Topliss-reactive ketones (excluding diaryl/α,β-unsaturated/α-hetero) is 1. The number of benzene rings is 1. The third-order valence-corrected chi connectivity index (χ3v) is 7.62. The Morgan fingerprint density at radius 3 is 2.76 bits per heavy atom. The van der Waals surface area contributed by atoms with Crippen molar-refractivity contribution in [1.82, 2.24) is 4.98 Å². The second kappa shape index (κ2) is 9.41. The maximum Gasteiger partial charge on any atom is 0.296 e. The van der Waals surface area contributed by atoms with Crippen LogP contribution >= 0.6 is 11.3 Å². The van der Waals surface area contributed by atoms with Crippen LogP contribution in [0.25, 0.3) is 0 Å². The van der Waals surface area contributed by atoms with Crippen molar-refractivity contribution in [2.75, 3.05) is 18.6 Å². The third-order valence-electron chi connectivity index (χ3n) is 6.84. The number of nitrogens with zero attached hydrogens (tertiary/aromatic N) is 2. The van der Waals surface area contributed by atoms with Crippen molar-refractivity contribution in [2.24, 2.45) is 11.8 Å². The summed E-state index contributed by atoms with van der Waals surface area (Å²) in [7, 11) is 1.60. The van der Waals surface area contributed by atoms with Gasteiger partial charge in [0.2, 0.25) is 0 Å². The average Bonchev–Trinajstić information content (AvgIpc) is 3.46. The topological polar surface area (TPSA) is 78.0 Å². The van der Waals surface area contributed by atoms with Gasteiger partial charge in [-0.1, -0.05) is 26.3 Å². The predicted octanol–water partition coefficient (Wildman–Crippen LogP) is 5.08. The van der Waals surface area contributed by atoms with Crippen molar-refractivity contribution in [3.8, 4) is 11.5 Å². The molecule has 0 N–H and O–H groups in total. The second-order valence-electron chi connectivity index (χ2n) is 9.49. The minimum atomic E-state index is -0.609. The zero-order valence-corrected chi connectivity index (χ0v) is 20.6. The van der Waals surface area contributed by atoms with Gasteiger partial charge in [-0.2, -0.15) is 0 Å². The molecular formula is C26H30N2O5S. The van der Waals surface area contributed by atoms with E-state index in [0.29, 0.717) is 34.7 Å². The Kier molecular flexibility index (Phi) is 6.34. The lowest BCUT2D eigenvalue weighted by atomic mass is 9.77. The molecule has 1 fully saturated rings. The smallest absolute Gasteiger partial charge is 0.296 e. The van der Waals surface area contributed by atoms with E-state index in [1.54, 1.807) is 18.2 Å². The SMILES string of the molecule is COc1cc(C2C3=C(OC4CCCCC4C3=O)C(=O)N2c2nccs2)ccc1OCCC(C)C. The summed E-state index contributed by atoms with van der Waals surface area (Å²) in [6, 6.07) is 5.01. The normalized spacial score (nSPS) is 24.2. The molecule has 1 amide bonds. The molecule has 0 spiro atoms. The molecule has 0 bridgehead atoms. The fourth-order valence-corrected chi connectivity index (χ4v) is 5.74. The lowest BCUT2D eigenvalue weighted by molar-refractivity contribution is -0.131. The van der Waals surface area contributed by atoms with Crippen LogP contribution in [0, 0.1) is 11.8 Å². The maximum absolute atomic E-state index is 13.7.